The zero-order valence-corrected chi connectivity index (χ0v) is 14.2. The van der Waals surface area contributed by atoms with Gasteiger partial charge in [0.15, 0.2) is 12.4 Å². The fourth-order valence-electron chi connectivity index (χ4n) is 5.39. The number of ether oxygens (including phenoxy) is 1. The molecule has 2 unspecified atom stereocenters. The minimum absolute atomic E-state index is 0.260. The first-order valence-electron chi connectivity index (χ1n) is 8.52. The van der Waals surface area contributed by atoms with E-state index in [1.165, 1.54) is 24.3 Å². The molecule has 4 saturated carbocycles. The molecule has 4 aliphatic carbocycles. The lowest BCUT2D eigenvalue weighted by Gasteiger charge is -2.58. The van der Waals surface area contributed by atoms with Crippen molar-refractivity contribution in [3.8, 4) is 0 Å². The van der Waals surface area contributed by atoms with Crippen LogP contribution >= 0.6 is 11.6 Å². The van der Waals surface area contributed by atoms with Gasteiger partial charge in [0.05, 0.1) is 5.41 Å². The summed E-state index contributed by atoms with van der Waals surface area (Å²) in [5, 5.41) is 0. The molecule has 4 aliphatic rings. The molecular formula is C19H20ClFO3. The molecule has 4 fully saturated rings. The first kappa shape index (κ1) is 16.1. The van der Waals surface area contributed by atoms with E-state index in [-0.39, 0.29) is 23.2 Å². The first-order chi connectivity index (χ1) is 11.4. The summed E-state index contributed by atoms with van der Waals surface area (Å²) in [6, 6.07) is 5.27. The van der Waals surface area contributed by atoms with Gasteiger partial charge in [-0.1, -0.05) is 0 Å². The Labute approximate surface area is 145 Å². The van der Waals surface area contributed by atoms with E-state index < -0.39 is 11.2 Å². The lowest BCUT2D eigenvalue weighted by atomic mass is 9.49. The van der Waals surface area contributed by atoms with Gasteiger partial charge in [0.25, 0.3) is 0 Å². The molecule has 5 rings (SSSR count). The number of carbonyl (C=O) groups is 2. The highest BCUT2D eigenvalue weighted by Crippen LogP contribution is 2.64. The number of hydrogen-bond donors (Lipinski definition) is 0. The normalized spacial score (nSPS) is 36.6. The molecule has 1 aromatic rings. The van der Waals surface area contributed by atoms with Gasteiger partial charge in [0.2, 0.25) is 0 Å². The van der Waals surface area contributed by atoms with Crippen molar-refractivity contribution in [2.45, 2.75) is 43.4 Å². The summed E-state index contributed by atoms with van der Waals surface area (Å²) >= 11 is 6.73. The number of hydrogen-bond acceptors (Lipinski definition) is 3. The molecule has 4 bridgehead atoms. The van der Waals surface area contributed by atoms with E-state index in [4.69, 9.17) is 16.3 Å². The van der Waals surface area contributed by atoms with Gasteiger partial charge in [-0.25, -0.2) is 4.39 Å². The molecule has 128 valence electrons. The van der Waals surface area contributed by atoms with E-state index in [2.05, 4.69) is 0 Å². The molecule has 0 aliphatic heterocycles. The maximum Gasteiger partial charge on any atom is 0.312 e. The zero-order chi connectivity index (χ0) is 16.9. The van der Waals surface area contributed by atoms with Crippen molar-refractivity contribution in [1.29, 1.82) is 0 Å². The summed E-state index contributed by atoms with van der Waals surface area (Å²) < 4.78 is 18.3. The van der Waals surface area contributed by atoms with Gasteiger partial charge in [-0.05, 0) is 74.6 Å². The van der Waals surface area contributed by atoms with Crippen molar-refractivity contribution in [1.82, 2.24) is 0 Å². The Kier molecular flexibility index (Phi) is 3.72. The Balaban J connectivity index is 1.43. The molecule has 0 saturated heterocycles. The number of Topliss-reactive ketones (excluding diaryl/α,β-unsaturated/α-hetero) is 1. The Morgan fingerprint density at radius 1 is 1.12 bits per heavy atom. The lowest BCUT2D eigenvalue weighted by Crippen LogP contribution is -2.56. The molecule has 0 heterocycles. The smallest absolute Gasteiger partial charge is 0.312 e. The fraction of sp³-hybridized carbons (Fsp3) is 0.579. The first-order valence-corrected chi connectivity index (χ1v) is 8.90. The average molecular weight is 351 g/mol. The van der Waals surface area contributed by atoms with Crippen molar-refractivity contribution in [3.63, 3.8) is 0 Å². The van der Waals surface area contributed by atoms with Crippen molar-refractivity contribution < 1.29 is 18.7 Å². The van der Waals surface area contributed by atoms with E-state index in [9.17, 15) is 14.0 Å². The molecule has 0 amide bonds. The van der Waals surface area contributed by atoms with Crippen molar-refractivity contribution in [3.05, 3.63) is 35.6 Å². The third kappa shape index (κ3) is 2.75. The molecule has 24 heavy (non-hydrogen) atoms. The van der Waals surface area contributed by atoms with Crippen LogP contribution in [0.25, 0.3) is 0 Å². The highest BCUT2D eigenvalue weighted by Gasteiger charge is 2.60. The topological polar surface area (TPSA) is 43.4 Å². The fourth-order valence-corrected chi connectivity index (χ4v) is 6.09. The SMILES string of the molecule is O=C(COC(=O)C12CC3CC(CC(Cl)(C3)C1)C2)c1ccc(F)cc1. The largest absolute Gasteiger partial charge is 0.457 e. The maximum atomic E-state index is 12.9. The lowest BCUT2D eigenvalue weighted by molar-refractivity contribution is -0.168. The highest BCUT2D eigenvalue weighted by atomic mass is 35.5. The highest BCUT2D eigenvalue weighted by molar-refractivity contribution is 6.24. The van der Waals surface area contributed by atoms with E-state index in [0.29, 0.717) is 23.8 Å². The van der Waals surface area contributed by atoms with Gasteiger partial charge in [-0.3, -0.25) is 9.59 Å². The number of halogens is 2. The van der Waals surface area contributed by atoms with Crippen LogP contribution in [0, 0.1) is 23.1 Å². The summed E-state index contributed by atoms with van der Waals surface area (Å²) in [5.74, 6) is 0.0171. The van der Waals surface area contributed by atoms with Crippen LogP contribution in [0.1, 0.15) is 48.9 Å². The standard InChI is InChI=1S/C19H20ClFO3/c20-19-8-12-5-13(9-19)7-18(6-12,11-19)17(23)24-10-16(22)14-1-3-15(21)4-2-14/h1-4,12-13H,5-11H2. The van der Waals surface area contributed by atoms with E-state index >= 15 is 0 Å². The van der Waals surface area contributed by atoms with Crippen molar-refractivity contribution in [2.75, 3.05) is 6.61 Å². The van der Waals surface area contributed by atoms with Gasteiger partial charge >= 0.3 is 5.97 Å². The maximum absolute atomic E-state index is 12.9. The number of esters is 1. The molecular weight excluding hydrogens is 331 g/mol. The average Bonchev–Trinajstić information content (AvgIpc) is 2.50. The van der Waals surface area contributed by atoms with Gasteiger partial charge in [-0.15, -0.1) is 11.6 Å². The van der Waals surface area contributed by atoms with Crippen LogP contribution in [0.15, 0.2) is 24.3 Å². The molecule has 2 atom stereocenters. The number of carbonyl (C=O) groups excluding carboxylic acids is 2. The van der Waals surface area contributed by atoms with Gasteiger partial charge in [0, 0.05) is 10.4 Å². The predicted molar refractivity (Wildman–Crippen MR) is 87.4 cm³/mol. The second-order valence-electron chi connectivity index (χ2n) is 7.90. The molecule has 0 radical (unpaired) electrons. The Hall–Kier alpha value is -1.42. The minimum Gasteiger partial charge on any atom is -0.457 e. The van der Waals surface area contributed by atoms with Gasteiger partial charge < -0.3 is 4.74 Å². The summed E-state index contributed by atoms with van der Waals surface area (Å²) in [4.78, 5) is 24.6. The Bertz CT molecular complexity index is 670. The van der Waals surface area contributed by atoms with Crippen LogP contribution in [0.5, 0.6) is 0 Å². The van der Waals surface area contributed by atoms with Crippen LogP contribution in [-0.4, -0.2) is 23.2 Å². The molecule has 0 spiro atoms. The Morgan fingerprint density at radius 3 is 2.33 bits per heavy atom. The molecule has 0 N–H and O–H groups in total. The van der Waals surface area contributed by atoms with Crippen LogP contribution < -0.4 is 0 Å². The molecule has 0 aromatic heterocycles. The second-order valence-corrected chi connectivity index (χ2v) is 8.70. The van der Waals surface area contributed by atoms with Gasteiger partial charge in [0.1, 0.15) is 5.82 Å². The summed E-state index contributed by atoms with van der Waals surface area (Å²) in [7, 11) is 0. The van der Waals surface area contributed by atoms with Crippen LogP contribution in [0.3, 0.4) is 0 Å². The van der Waals surface area contributed by atoms with E-state index in [1.807, 2.05) is 0 Å². The number of rotatable bonds is 4. The summed E-state index contributed by atoms with van der Waals surface area (Å²) in [6.45, 7) is -0.295. The number of alkyl halides is 1. The monoisotopic (exact) mass is 350 g/mol. The van der Waals surface area contributed by atoms with Crippen molar-refractivity contribution >= 4 is 23.4 Å². The summed E-state index contributed by atoms with van der Waals surface area (Å²) in [5.41, 5.74) is -0.155. The minimum atomic E-state index is -0.505. The molecule has 1 aromatic carbocycles. The third-order valence-electron chi connectivity index (χ3n) is 5.92. The van der Waals surface area contributed by atoms with E-state index in [1.54, 1.807) is 0 Å². The molecule has 3 nitrogen and oxygen atoms in total. The quantitative estimate of drug-likeness (QED) is 0.466. The van der Waals surface area contributed by atoms with Crippen molar-refractivity contribution in [2.24, 2.45) is 17.3 Å². The Morgan fingerprint density at radius 2 is 1.75 bits per heavy atom. The zero-order valence-electron chi connectivity index (χ0n) is 13.4. The van der Waals surface area contributed by atoms with Gasteiger partial charge in [-0.2, -0.15) is 0 Å². The van der Waals surface area contributed by atoms with Crippen LogP contribution in [0.2, 0.25) is 0 Å². The van der Waals surface area contributed by atoms with Crippen LogP contribution in [0.4, 0.5) is 4.39 Å². The number of benzene rings is 1. The summed E-state index contributed by atoms with van der Waals surface area (Å²) in [6.07, 6.45) is 5.49. The molecule has 5 heteroatoms. The third-order valence-corrected chi connectivity index (χ3v) is 6.37. The predicted octanol–water partition coefficient (Wildman–Crippen LogP) is 4.13. The van der Waals surface area contributed by atoms with Crippen LogP contribution in [-0.2, 0) is 9.53 Å². The second kappa shape index (κ2) is 5.55. The number of ketones is 1. The van der Waals surface area contributed by atoms with E-state index in [0.717, 1.165) is 32.1 Å².